The summed E-state index contributed by atoms with van der Waals surface area (Å²) in [7, 11) is 0. The maximum absolute atomic E-state index is 13.5. The number of hydrogen-bond acceptors (Lipinski definition) is 8. The molecule has 10 heteroatoms. The highest BCUT2D eigenvalue weighted by Crippen LogP contribution is 2.37. The molecular formula is C34H30N4O6. The van der Waals surface area contributed by atoms with Crippen molar-refractivity contribution in [2.75, 3.05) is 34.5 Å². The number of imide groups is 2. The average molecular weight is 591 g/mol. The standard InChI is InChI=1S/C34H30N4O6/c1-3-13-43-29-17-21(7-11-27(29)35)37-31(39)23-9-5-19(15-25(23)33(37)41)20-6-10-24-26(16-20)34(42)38(32(24)40)22-8-12-28(36)30(18-22)44-14-4-2/h5-12,15-18H,3-4,13-14,35-36H2,1-2H3. The van der Waals surface area contributed by atoms with Gasteiger partial charge >= 0.3 is 0 Å². The van der Waals surface area contributed by atoms with Gasteiger partial charge in [-0.05, 0) is 72.5 Å². The van der Waals surface area contributed by atoms with E-state index in [1.54, 1.807) is 72.8 Å². The van der Waals surface area contributed by atoms with Gasteiger partial charge < -0.3 is 20.9 Å². The van der Waals surface area contributed by atoms with Gasteiger partial charge in [0.1, 0.15) is 11.5 Å². The van der Waals surface area contributed by atoms with Gasteiger partial charge in [-0.1, -0.05) is 26.0 Å². The number of nitrogens with two attached hydrogens (primary N) is 2. The topological polar surface area (TPSA) is 145 Å². The lowest BCUT2D eigenvalue weighted by Gasteiger charge is -2.16. The molecule has 0 unspecified atom stereocenters. The fourth-order valence-corrected chi connectivity index (χ4v) is 5.31. The summed E-state index contributed by atoms with van der Waals surface area (Å²) in [6, 6.07) is 19.4. The summed E-state index contributed by atoms with van der Waals surface area (Å²) < 4.78 is 11.4. The van der Waals surface area contributed by atoms with Gasteiger partial charge in [0.15, 0.2) is 0 Å². The zero-order valence-corrected chi connectivity index (χ0v) is 24.3. The zero-order chi connectivity index (χ0) is 31.1. The Hall–Kier alpha value is -5.64. The van der Waals surface area contributed by atoms with E-state index < -0.39 is 23.6 Å². The fraction of sp³-hybridized carbons (Fsp3) is 0.176. The quantitative estimate of drug-likeness (QED) is 0.187. The average Bonchev–Trinajstić information content (AvgIpc) is 3.43. The molecule has 10 nitrogen and oxygen atoms in total. The molecule has 0 aliphatic carbocycles. The van der Waals surface area contributed by atoms with Gasteiger partial charge in [0, 0.05) is 12.1 Å². The molecule has 0 atom stereocenters. The van der Waals surface area contributed by atoms with Crippen LogP contribution in [0.1, 0.15) is 68.1 Å². The number of benzene rings is 4. The third kappa shape index (κ3) is 4.70. The number of rotatable bonds is 9. The van der Waals surface area contributed by atoms with Gasteiger partial charge in [-0.25, -0.2) is 9.80 Å². The molecule has 4 aromatic rings. The first kappa shape index (κ1) is 28.5. The van der Waals surface area contributed by atoms with E-state index in [4.69, 9.17) is 20.9 Å². The number of ether oxygens (including phenoxy) is 2. The van der Waals surface area contributed by atoms with E-state index in [0.29, 0.717) is 58.6 Å². The Balaban J connectivity index is 1.30. The smallest absolute Gasteiger partial charge is 0.266 e. The molecule has 4 amide bonds. The molecule has 0 bridgehead atoms. The Bertz CT molecular complexity index is 1730. The predicted octanol–water partition coefficient (Wildman–Crippen LogP) is 5.70. The van der Waals surface area contributed by atoms with Crippen LogP contribution in [0.25, 0.3) is 11.1 Å². The van der Waals surface area contributed by atoms with Crippen molar-refractivity contribution in [1.29, 1.82) is 0 Å². The molecule has 0 radical (unpaired) electrons. The molecule has 44 heavy (non-hydrogen) atoms. The molecule has 2 aliphatic heterocycles. The number of fused-ring (bicyclic) bond motifs is 2. The zero-order valence-electron chi connectivity index (χ0n) is 24.3. The highest BCUT2D eigenvalue weighted by atomic mass is 16.5. The SMILES string of the molecule is CCCOc1cc(N2C(=O)c3ccc(-c4ccc5c(c4)C(=O)N(c4ccc(N)c(OCCC)c4)C5=O)cc3C2=O)ccc1N. The Labute approximate surface area is 253 Å². The third-order valence-electron chi connectivity index (χ3n) is 7.54. The second-order valence-corrected chi connectivity index (χ2v) is 10.6. The first-order chi connectivity index (χ1) is 21.2. The van der Waals surface area contributed by atoms with Crippen molar-refractivity contribution >= 4 is 46.4 Å². The lowest BCUT2D eigenvalue weighted by molar-refractivity contribution is 0.0910. The van der Waals surface area contributed by atoms with Crippen LogP contribution in [0.15, 0.2) is 72.8 Å². The van der Waals surface area contributed by atoms with E-state index in [2.05, 4.69) is 0 Å². The van der Waals surface area contributed by atoms with Crippen molar-refractivity contribution in [2.24, 2.45) is 0 Å². The van der Waals surface area contributed by atoms with Crippen LogP contribution < -0.4 is 30.7 Å². The Kier molecular flexibility index (Phi) is 7.26. The summed E-state index contributed by atoms with van der Waals surface area (Å²) in [6.45, 7) is 4.82. The maximum Gasteiger partial charge on any atom is 0.266 e. The van der Waals surface area contributed by atoms with Crippen molar-refractivity contribution in [3.63, 3.8) is 0 Å². The molecular weight excluding hydrogens is 560 g/mol. The van der Waals surface area contributed by atoms with Crippen LogP contribution >= 0.6 is 0 Å². The van der Waals surface area contributed by atoms with Crippen molar-refractivity contribution in [2.45, 2.75) is 26.7 Å². The van der Waals surface area contributed by atoms with Gasteiger partial charge in [-0.2, -0.15) is 0 Å². The highest BCUT2D eigenvalue weighted by molar-refractivity contribution is 6.35. The van der Waals surface area contributed by atoms with Crippen molar-refractivity contribution < 1.29 is 28.7 Å². The van der Waals surface area contributed by atoms with E-state index in [0.717, 1.165) is 22.6 Å². The Morgan fingerprint density at radius 2 is 0.909 bits per heavy atom. The molecule has 222 valence electrons. The largest absolute Gasteiger partial charge is 0.491 e. The number of amides is 4. The van der Waals surface area contributed by atoms with Gasteiger partial charge in [0.05, 0.1) is 58.2 Å². The van der Waals surface area contributed by atoms with Crippen molar-refractivity contribution in [3.05, 3.63) is 95.1 Å². The van der Waals surface area contributed by atoms with E-state index in [9.17, 15) is 19.2 Å². The number of carbonyl (C=O) groups is 4. The molecule has 0 fully saturated rings. The highest BCUT2D eigenvalue weighted by Gasteiger charge is 2.39. The lowest BCUT2D eigenvalue weighted by atomic mass is 9.97. The van der Waals surface area contributed by atoms with Crippen molar-refractivity contribution in [1.82, 2.24) is 0 Å². The van der Waals surface area contributed by atoms with Crippen LogP contribution in [-0.4, -0.2) is 36.8 Å². The van der Waals surface area contributed by atoms with Gasteiger partial charge in [0.2, 0.25) is 0 Å². The van der Waals surface area contributed by atoms with E-state index in [1.165, 1.54) is 0 Å². The molecule has 4 N–H and O–H groups in total. The summed E-state index contributed by atoms with van der Waals surface area (Å²) in [4.78, 5) is 55.8. The number of carbonyl (C=O) groups excluding carboxylic acids is 4. The van der Waals surface area contributed by atoms with Crippen LogP contribution in [0.4, 0.5) is 22.7 Å². The van der Waals surface area contributed by atoms with Crippen LogP contribution in [-0.2, 0) is 0 Å². The molecule has 4 aromatic carbocycles. The first-order valence-corrected chi connectivity index (χ1v) is 14.3. The molecule has 0 aromatic heterocycles. The number of anilines is 4. The second-order valence-electron chi connectivity index (χ2n) is 10.6. The molecule has 2 aliphatic rings. The van der Waals surface area contributed by atoms with Crippen LogP contribution in [0.5, 0.6) is 11.5 Å². The predicted molar refractivity (Wildman–Crippen MR) is 167 cm³/mol. The number of nitrogens with zero attached hydrogens (tertiary/aromatic N) is 2. The van der Waals surface area contributed by atoms with E-state index in [1.807, 2.05) is 13.8 Å². The monoisotopic (exact) mass is 590 g/mol. The summed E-state index contributed by atoms with van der Waals surface area (Å²) in [6.07, 6.45) is 1.55. The van der Waals surface area contributed by atoms with E-state index in [-0.39, 0.29) is 22.3 Å². The normalized spacial score (nSPS) is 13.9. The van der Waals surface area contributed by atoms with Gasteiger partial charge in [-0.3, -0.25) is 19.2 Å². The van der Waals surface area contributed by atoms with Gasteiger partial charge in [0.25, 0.3) is 23.6 Å². The summed E-state index contributed by atoms with van der Waals surface area (Å²) in [5.41, 5.74) is 15.8. The lowest BCUT2D eigenvalue weighted by Crippen LogP contribution is -2.29. The summed E-state index contributed by atoms with van der Waals surface area (Å²) in [5.74, 6) is -1.09. The first-order valence-electron chi connectivity index (χ1n) is 14.3. The van der Waals surface area contributed by atoms with Crippen LogP contribution in [0, 0.1) is 0 Å². The minimum Gasteiger partial charge on any atom is -0.491 e. The molecule has 0 saturated carbocycles. The Morgan fingerprint density at radius 1 is 0.523 bits per heavy atom. The number of hydrogen-bond donors (Lipinski definition) is 2. The summed E-state index contributed by atoms with van der Waals surface area (Å²) in [5, 5.41) is 0. The van der Waals surface area contributed by atoms with Crippen molar-refractivity contribution in [3.8, 4) is 22.6 Å². The molecule has 0 spiro atoms. The van der Waals surface area contributed by atoms with Gasteiger partial charge in [-0.15, -0.1) is 0 Å². The maximum atomic E-state index is 13.5. The molecule has 2 heterocycles. The minimum absolute atomic E-state index is 0.228. The Morgan fingerprint density at radius 3 is 1.30 bits per heavy atom. The number of nitrogen functional groups attached to an aromatic ring is 2. The fourth-order valence-electron chi connectivity index (χ4n) is 5.31. The van der Waals surface area contributed by atoms with Crippen LogP contribution in [0.2, 0.25) is 0 Å². The third-order valence-corrected chi connectivity index (χ3v) is 7.54. The summed E-state index contributed by atoms with van der Waals surface area (Å²) >= 11 is 0. The van der Waals surface area contributed by atoms with Crippen LogP contribution in [0.3, 0.4) is 0 Å². The minimum atomic E-state index is -0.485. The molecule has 0 saturated heterocycles. The van der Waals surface area contributed by atoms with E-state index >= 15 is 0 Å². The second kappa shape index (κ2) is 11.2. The molecule has 6 rings (SSSR count).